The molecule has 1 aromatic carbocycles. The van der Waals surface area contributed by atoms with E-state index in [1.165, 1.54) is 5.56 Å². The van der Waals surface area contributed by atoms with Crippen LogP contribution in [0.2, 0.25) is 0 Å². The maximum absolute atomic E-state index is 12.6. The number of imidazole rings is 1. The van der Waals surface area contributed by atoms with E-state index in [2.05, 4.69) is 20.6 Å². The third-order valence-electron chi connectivity index (χ3n) is 4.98. The topological polar surface area (TPSA) is 51.0 Å². The molecule has 0 saturated carbocycles. The SMILES string of the molecule is O=C(CCn1cnc2ccccc21)N1CCC(Cc2cccnc2)C1. The molecule has 5 nitrogen and oxygen atoms in total. The largest absolute Gasteiger partial charge is 0.342 e. The Morgan fingerprint density at radius 2 is 2.12 bits per heavy atom. The quantitative estimate of drug-likeness (QED) is 0.721. The van der Waals surface area contributed by atoms with Crippen LogP contribution in [0, 0.1) is 5.92 Å². The van der Waals surface area contributed by atoms with Gasteiger partial charge in [0.15, 0.2) is 0 Å². The number of aromatic nitrogens is 3. The van der Waals surface area contributed by atoms with Crippen molar-refractivity contribution in [2.24, 2.45) is 5.92 Å². The Morgan fingerprint density at radius 1 is 1.20 bits per heavy atom. The van der Waals surface area contributed by atoms with Crippen LogP contribution < -0.4 is 0 Å². The van der Waals surface area contributed by atoms with Crippen LogP contribution in [0.1, 0.15) is 18.4 Å². The number of pyridine rings is 1. The van der Waals surface area contributed by atoms with Crippen molar-refractivity contribution >= 4 is 16.9 Å². The maximum Gasteiger partial charge on any atom is 0.224 e. The van der Waals surface area contributed by atoms with Crippen molar-refractivity contribution in [3.8, 4) is 0 Å². The van der Waals surface area contributed by atoms with Gasteiger partial charge < -0.3 is 9.47 Å². The molecular weight excluding hydrogens is 312 g/mol. The molecule has 1 aliphatic rings. The summed E-state index contributed by atoms with van der Waals surface area (Å²) in [5.41, 5.74) is 3.32. The summed E-state index contributed by atoms with van der Waals surface area (Å²) in [6.07, 6.45) is 8.16. The molecule has 5 heteroatoms. The Balaban J connectivity index is 1.31. The fourth-order valence-electron chi connectivity index (χ4n) is 3.64. The maximum atomic E-state index is 12.6. The lowest BCUT2D eigenvalue weighted by Gasteiger charge is -2.17. The zero-order valence-electron chi connectivity index (χ0n) is 14.2. The van der Waals surface area contributed by atoms with Gasteiger partial charge in [-0.25, -0.2) is 4.98 Å². The van der Waals surface area contributed by atoms with Crippen molar-refractivity contribution in [2.45, 2.75) is 25.8 Å². The first-order valence-electron chi connectivity index (χ1n) is 8.86. The van der Waals surface area contributed by atoms with Gasteiger partial charge in [-0.1, -0.05) is 18.2 Å². The van der Waals surface area contributed by atoms with Crippen LogP contribution in [0.4, 0.5) is 0 Å². The van der Waals surface area contributed by atoms with E-state index in [9.17, 15) is 4.79 Å². The van der Waals surface area contributed by atoms with E-state index in [0.29, 0.717) is 18.9 Å². The molecular formula is C20H22N4O. The molecule has 1 atom stereocenters. The number of para-hydroxylation sites is 2. The second kappa shape index (κ2) is 7.05. The minimum Gasteiger partial charge on any atom is -0.342 e. The lowest BCUT2D eigenvalue weighted by atomic mass is 10.0. The van der Waals surface area contributed by atoms with E-state index in [-0.39, 0.29) is 5.91 Å². The minimum atomic E-state index is 0.242. The summed E-state index contributed by atoms with van der Waals surface area (Å²) in [5, 5.41) is 0. The summed E-state index contributed by atoms with van der Waals surface area (Å²) in [5.74, 6) is 0.786. The van der Waals surface area contributed by atoms with Gasteiger partial charge in [-0.15, -0.1) is 0 Å². The lowest BCUT2D eigenvalue weighted by molar-refractivity contribution is -0.130. The van der Waals surface area contributed by atoms with Gasteiger partial charge >= 0.3 is 0 Å². The van der Waals surface area contributed by atoms with Crippen LogP contribution in [0.25, 0.3) is 11.0 Å². The van der Waals surface area contributed by atoms with Crippen molar-refractivity contribution in [1.82, 2.24) is 19.4 Å². The monoisotopic (exact) mass is 334 g/mol. The summed E-state index contributed by atoms with van der Waals surface area (Å²) in [7, 11) is 0. The van der Waals surface area contributed by atoms with E-state index >= 15 is 0 Å². The number of amides is 1. The number of hydrogen-bond donors (Lipinski definition) is 0. The molecule has 1 amide bonds. The molecule has 3 aromatic rings. The summed E-state index contributed by atoms with van der Waals surface area (Å²) in [4.78, 5) is 23.1. The van der Waals surface area contributed by atoms with E-state index in [0.717, 1.165) is 37.0 Å². The van der Waals surface area contributed by atoms with Crippen LogP contribution in [-0.2, 0) is 17.8 Å². The van der Waals surface area contributed by atoms with E-state index in [1.807, 2.05) is 47.8 Å². The highest BCUT2D eigenvalue weighted by Gasteiger charge is 2.26. The van der Waals surface area contributed by atoms with Gasteiger partial charge in [0.2, 0.25) is 5.91 Å². The van der Waals surface area contributed by atoms with Crippen LogP contribution in [0.15, 0.2) is 55.1 Å². The van der Waals surface area contributed by atoms with Crippen LogP contribution >= 0.6 is 0 Å². The molecule has 1 saturated heterocycles. The predicted molar refractivity (Wildman–Crippen MR) is 97.0 cm³/mol. The molecule has 25 heavy (non-hydrogen) atoms. The van der Waals surface area contributed by atoms with Crippen molar-refractivity contribution in [3.63, 3.8) is 0 Å². The fourth-order valence-corrected chi connectivity index (χ4v) is 3.64. The highest BCUT2D eigenvalue weighted by molar-refractivity contribution is 5.77. The number of carbonyl (C=O) groups is 1. The number of nitrogens with zero attached hydrogens (tertiary/aromatic N) is 4. The molecule has 1 aliphatic heterocycles. The third-order valence-corrected chi connectivity index (χ3v) is 4.98. The first kappa shape index (κ1) is 15.8. The van der Waals surface area contributed by atoms with Crippen molar-refractivity contribution in [2.75, 3.05) is 13.1 Å². The van der Waals surface area contributed by atoms with E-state index < -0.39 is 0 Å². The van der Waals surface area contributed by atoms with E-state index in [4.69, 9.17) is 0 Å². The summed E-state index contributed by atoms with van der Waals surface area (Å²) in [6, 6.07) is 12.1. The van der Waals surface area contributed by atoms with Gasteiger partial charge in [0.1, 0.15) is 0 Å². The number of carbonyl (C=O) groups excluding carboxylic acids is 1. The second-order valence-corrected chi connectivity index (χ2v) is 6.74. The molecule has 1 unspecified atom stereocenters. The smallest absolute Gasteiger partial charge is 0.224 e. The molecule has 4 rings (SSSR count). The Morgan fingerprint density at radius 3 is 3.00 bits per heavy atom. The average molecular weight is 334 g/mol. The summed E-state index contributed by atoms with van der Waals surface area (Å²) < 4.78 is 2.07. The molecule has 128 valence electrons. The highest BCUT2D eigenvalue weighted by atomic mass is 16.2. The number of aryl methyl sites for hydroxylation is 1. The highest BCUT2D eigenvalue weighted by Crippen LogP contribution is 2.21. The number of benzene rings is 1. The molecule has 0 N–H and O–H groups in total. The first-order chi connectivity index (χ1) is 12.3. The van der Waals surface area contributed by atoms with Crippen molar-refractivity contribution in [3.05, 3.63) is 60.7 Å². The molecule has 3 heterocycles. The standard InChI is InChI=1S/C20H22N4O/c25-20(8-11-24-15-22-18-5-1-2-6-19(18)24)23-10-7-17(14-23)12-16-4-3-9-21-13-16/h1-6,9,13,15,17H,7-8,10-12,14H2. The number of rotatable bonds is 5. The Hall–Kier alpha value is -2.69. The van der Waals surface area contributed by atoms with Gasteiger partial charge in [0, 0.05) is 38.4 Å². The number of likely N-dealkylation sites (tertiary alicyclic amines) is 1. The number of fused-ring (bicyclic) bond motifs is 1. The van der Waals surface area contributed by atoms with Crippen LogP contribution in [0.5, 0.6) is 0 Å². The predicted octanol–water partition coefficient (Wildman–Crippen LogP) is 2.91. The third kappa shape index (κ3) is 3.55. The fraction of sp³-hybridized carbons (Fsp3) is 0.350. The normalized spacial score (nSPS) is 17.3. The van der Waals surface area contributed by atoms with E-state index in [1.54, 1.807) is 6.20 Å². The van der Waals surface area contributed by atoms with Gasteiger partial charge in [-0.05, 0) is 42.5 Å². The average Bonchev–Trinajstić information content (AvgIpc) is 3.28. The summed E-state index contributed by atoms with van der Waals surface area (Å²) >= 11 is 0. The Bertz CT molecular complexity index is 858. The van der Waals surface area contributed by atoms with Gasteiger partial charge in [0.25, 0.3) is 0 Å². The second-order valence-electron chi connectivity index (χ2n) is 6.74. The minimum absolute atomic E-state index is 0.242. The van der Waals surface area contributed by atoms with Gasteiger partial charge in [-0.3, -0.25) is 9.78 Å². The molecule has 2 aromatic heterocycles. The zero-order chi connectivity index (χ0) is 17.1. The van der Waals surface area contributed by atoms with Gasteiger partial charge in [0.05, 0.1) is 17.4 Å². The van der Waals surface area contributed by atoms with Crippen LogP contribution in [0.3, 0.4) is 0 Å². The Labute approximate surface area is 147 Å². The van der Waals surface area contributed by atoms with Crippen molar-refractivity contribution in [1.29, 1.82) is 0 Å². The number of hydrogen-bond acceptors (Lipinski definition) is 3. The van der Waals surface area contributed by atoms with Gasteiger partial charge in [-0.2, -0.15) is 0 Å². The summed E-state index contributed by atoms with van der Waals surface area (Å²) in [6.45, 7) is 2.41. The molecule has 0 radical (unpaired) electrons. The first-order valence-corrected chi connectivity index (χ1v) is 8.86. The molecule has 0 bridgehead atoms. The molecule has 1 fully saturated rings. The van der Waals surface area contributed by atoms with Crippen LogP contribution in [-0.4, -0.2) is 38.4 Å². The zero-order valence-corrected chi connectivity index (χ0v) is 14.2. The lowest BCUT2D eigenvalue weighted by Crippen LogP contribution is -2.29. The molecule has 0 spiro atoms. The van der Waals surface area contributed by atoms with Crippen molar-refractivity contribution < 1.29 is 4.79 Å². The molecule has 0 aliphatic carbocycles. The Kier molecular flexibility index (Phi) is 4.46.